The highest BCUT2D eigenvalue weighted by molar-refractivity contribution is 5.76. The molecule has 6 N–H and O–H groups in total. The van der Waals surface area contributed by atoms with E-state index in [1.54, 1.807) is 6.08 Å². The van der Waals surface area contributed by atoms with E-state index in [2.05, 4.69) is 4.99 Å². The number of rotatable bonds is 4. The predicted octanol–water partition coefficient (Wildman–Crippen LogP) is -0.887. The van der Waals surface area contributed by atoms with Crippen molar-refractivity contribution in [3.8, 4) is 0 Å². The van der Waals surface area contributed by atoms with Gasteiger partial charge in [-0.25, -0.2) is 9.38 Å². The van der Waals surface area contributed by atoms with E-state index < -0.39 is 12.7 Å². The minimum absolute atomic E-state index is 0.116. The molecule has 0 aromatic rings. The van der Waals surface area contributed by atoms with Gasteiger partial charge in [0.1, 0.15) is 12.7 Å². The molecule has 0 aliphatic heterocycles. The van der Waals surface area contributed by atoms with Gasteiger partial charge in [-0.3, -0.25) is 0 Å². The number of nitrogens with two attached hydrogens (primary N) is 3. The topological polar surface area (TPSA) is 90.4 Å². The zero-order chi connectivity index (χ0) is 8.69. The standard InChI is InChI=1S/C6H13FN4/c7-4-5(2-1-3-8)11-6(9)10/h1-2,5H,3-4,8H2,(H4,9,10,11)/b2-1+. The molecule has 1 unspecified atom stereocenters. The van der Waals surface area contributed by atoms with Gasteiger partial charge in [0.2, 0.25) is 0 Å². The summed E-state index contributed by atoms with van der Waals surface area (Å²) in [4.78, 5) is 3.59. The number of hydrogen-bond acceptors (Lipinski definition) is 2. The Bertz CT molecular complexity index is 151. The first kappa shape index (κ1) is 9.90. The molecule has 4 nitrogen and oxygen atoms in total. The Labute approximate surface area is 65.0 Å². The fourth-order valence-corrected chi connectivity index (χ4v) is 0.556. The number of guanidine groups is 1. The fourth-order valence-electron chi connectivity index (χ4n) is 0.556. The maximum atomic E-state index is 12.0. The second kappa shape index (κ2) is 5.67. The number of aliphatic imine (C=N–C) groups is 1. The van der Waals surface area contributed by atoms with Crippen LogP contribution < -0.4 is 17.2 Å². The first-order chi connectivity index (χ1) is 5.20. The van der Waals surface area contributed by atoms with Gasteiger partial charge in [-0.2, -0.15) is 0 Å². The molecule has 1 atom stereocenters. The van der Waals surface area contributed by atoms with Crippen molar-refractivity contribution in [1.29, 1.82) is 0 Å². The lowest BCUT2D eigenvalue weighted by Crippen LogP contribution is -2.25. The van der Waals surface area contributed by atoms with Gasteiger partial charge < -0.3 is 17.2 Å². The summed E-state index contributed by atoms with van der Waals surface area (Å²) in [7, 11) is 0. The predicted molar refractivity (Wildman–Crippen MR) is 43.8 cm³/mol. The van der Waals surface area contributed by atoms with Crippen molar-refractivity contribution in [3.05, 3.63) is 12.2 Å². The number of hydrogen-bond donors (Lipinski definition) is 3. The normalized spacial score (nSPS) is 13.3. The molecule has 0 spiro atoms. The first-order valence-corrected chi connectivity index (χ1v) is 3.22. The third-order valence-electron chi connectivity index (χ3n) is 0.967. The molecule has 0 aromatic heterocycles. The van der Waals surface area contributed by atoms with Crippen molar-refractivity contribution in [2.45, 2.75) is 6.04 Å². The van der Waals surface area contributed by atoms with Crippen molar-refractivity contribution in [2.75, 3.05) is 13.2 Å². The van der Waals surface area contributed by atoms with Gasteiger partial charge in [-0.15, -0.1) is 0 Å². The maximum absolute atomic E-state index is 12.0. The van der Waals surface area contributed by atoms with Crippen molar-refractivity contribution in [2.24, 2.45) is 22.2 Å². The van der Waals surface area contributed by atoms with E-state index in [0.29, 0.717) is 6.54 Å². The van der Waals surface area contributed by atoms with Crippen LogP contribution in [0.2, 0.25) is 0 Å². The summed E-state index contributed by atoms with van der Waals surface area (Å²) in [6.45, 7) is -0.259. The Hall–Kier alpha value is -1.10. The van der Waals surface area contributed by atoms with Gasteiger partial charge in [0.15, 0.2) is 5.96 Å². The van der Waals surface area contributed by atoms with Crippen LogP contribution in [0.3, 0.4) is 0 Å². The van der Waals surface area contributed by atoms with Crippen molar-refractivity contribution in [3.63, 3.8) is 0 Å². The highest BCUT2D eigenvalue weighted by Crippen LogP contribution is 1.93. The molecule has 0 heterocycles. The molecule has 0 bridgehead atoms. The monoisotopic (exact) mass is 160 g/mol. The maximum Gasteiger partial charge on any atom is 0.186 e. The molecule has 0 rings (SSSR count). The van der Waals surface area contributed by atoms with E-state index in [9.17, 15) is 4.39 Å². The summed E-state index contributed by atoms with van der Waals surface area (Å²) in [5.41, 5.74) is 15.2. The Kier molecular flexibility index (Phi) is 5.10. The van der Waals surface area contributed by atoms with Gasteiger partial charge in [0.05, 0.1) is 0 Å². The number of nitrogens with zero attached hydrogens (tertiary/aromatic N) is 1. The molecular weight excluding hydrogens is 147 g/mol. The van der Waals surface area contributed by atoms with Crippen molar-refractivity contribution in [1.82, 2.24) is 0 Å². The van der Waals surface area contributed by atoms with Gasteiger partial charge in [0, 0.05) is 6.54 Å². The van der Waals surface area contributed by atoms with Crippen LogP contribution in [-0.4, -0.2) is 25.2 Å². The van der Waals surface area contributed by atoms with E-state index >= 15 is 0 Å². The van der Waals surface area contributed by atoms with E-state index in [1.165, 1.54) is 6.08 Å². The number of halogens is 1. The fraction of sp³-hybridized carbons (Fsp3) is 0.500. The second-order valence-electron chi connectivity index (χ2n) is 1.94. The summed E-state index contributed by atoms with van der Waals surface area (Å²) in [6, 6.07) is -0.594. The van der Waals surface area contributed by atoms with E-state index in [4.69, 9.17) is 17.2 Å². The van der Waals surface area contributed by atoms with Gasteiger partial charge in [-0.1, -0.05) is 12.2 Å². The second-order valence-corrected chi connectivity index (χ2v) is 1.94. The molecule has 0 radical (unpaired) electrons. The Balaban J connectivity index is 3.96. The largest absolute Gasteiger partial charge is 0.370 e. The van der Waals surface area contributed by atoms with Crippen LogP contribution >= 0.6 is 0 Å². The van der Waals surface area contributed by atoms with Crippen molar-refractivity contribution >= 4 is 5.96 Å². The molecule has 0 aliphatic rings. The molecule has 0 aliphatic carbocycles. The molecule has 5 heteroatoms. The van der Waals surface area contributed by atoms with Crippen LogP contribution in [0.4, 0.5) is 4.39 Å². The minimum atomic E-state index is -0.617. The van der Waals surface area contributed by atoms with Crippen LogP contribution in [-0.2, 0) is 0 Å². The van der Waals surface area contributed by atoms with E-state index in [0.717, 1.165) is 0 Å². The highest BCUT2D eigenvalue weighted by Gasteiger charge is 1.99. The third kappa shape index (κ3) is 5.35. The SMILES string of the molecule is NC/C=C/C(CF)N=C(N)N. The summed E-state index contributed by atoms with van der Waals surface area (Å²) in [6.07, 6.45) is 3.14. The van der Waals surface area contributed by atoms with Crippen molar-refractivity contribution < 1.29 is 4.39 Å². The third-order valence-corrected chi connectivity index (χ3v) is 0.967. The zero-order valence-corrected chi connectivity index (χ0v) is 6.20. The summed E-state index contributed by atoms with van der Waals surface area (Å²) in [5.74, 6) is -0.116. The molecule has 0 aromatic carbocycles. The van der Waals surface area contributed by atoms with Crippen LogP contribution in [0, 0.1) is 0 Å². The van der Waals surface area contributed by atoms with Gasteiger partial charge in [0.25, 0.3) is 0 Å². The van der Waals surface area contributed by atoms with E-state index in [1.807, 2.05) is 0 Å². The number of alkyl halides is 1. The average molecular weight is 160 g/mol. The van der Waals surface area contributed by atoms with E-state index in [-0.39, 0.29) is 5.96 Å². The molecule has 0 fully saturated rings. The highest BCUT2D eigenvalue weighted by atomic mass is 19.1. The summed E-state index contributed by atoms with van der Waals surface area (Å²) >= 11 is 0. The van der Waals surface area contributed by atoms with Crippen LogP contribution in [0.5, 0.6) is 0 Å². The molecule has 0 saturated heterocycles. The summed E-state index contributed by atoms with van der Waals surface area (Å²) in [5, 5.41) is 0. The quantitative estimate of drug-likeness (QED) is 0.283. The molecular formula is C6H13FN4. The summed E-state index contributed by atoms with van der Waals surface area (Å²) < 4.78 is 12.0. The lowest BCUT2D eigenvalue weighted by atomic mass is 10.3. The van der Waals surface area contributed by atoms with Crippen LogP contribution in [0.1, 0.15) is 0 Å². The molecule has 0 saturated carbocycles. The van der Waals surface area contributed by atoms with Crippen LogP contribution in [0.15, 0.2) is 17.1 Å². The lowest BCUT2D eigenvalue weighted by molar-refractivity contribution is 0.465. The van der Waals surface area contributed by atoms with Crippen LogP contribution in [0.25, 0.3) is 0 Å². The molecule has 64 valence electrons. The Morgan fingerprint density at radius 1 is 1.55 bits per heavy atom. The smallest absolute Gasteiger partial charge is 0.186 e. The minimum Gasteiger partial charge on any atom is -0.370 e. The van der Waals surface area contributed by atoms with Gasteiger partial charge >= 0.3 is 0 Å². The first-order valence-electron chi connectivity index (χ1n) is 3.22. The lowest BCUT2D eigenvalue weighted by Gasteiger charge is -2.00. The molecule has 0 amide bonds. The Morgan fingerprint density at radius 3 is 2.55 bits per heavy atom. The van der Waals surface area contributed by atoms with Gasteiger partial charge in [-0.05, 0) is 0 Å². The average Bonchev–Trinajstić information content (AvgIpc) is 1.97. The zero-order valence-electron chi connectivity index (χ0n) is 6.20. The molecule has 11 heavy (non-hydrogen) atoms. The Morgan fingerprint density at radius 2 is 2.18 bits per heavy atom.